The Hall–Kier alpha value is -0.910. The van der Waals surface area contributed by atoms with Crippen molar-refractivity contribution in [2.45, 2.75) is 27.0 Å². The lowest BCUT2D eigenvalue weighted by Gasteiger charge is -2.13. The van der Waals surface area contributed by atoms with Crippen LogP contribution in [0.3, 0.4) is 0 Å². The van der Waals surface area contributed by atoms with Crippen molar-refractivity contribution >= 4 is 27.3 Å². The Balaban J connectivity index is 2.05. The molecule has 0 amide bonds. The summed E-state index contributed by atoms with van der Waals surface area (Å²) in [4.78, 5) is 1.05. The van der Waals surface area contributed by atoms with Crippen LogP contribution in [-0.4, -0.2) is 6.54 Å². The molecule has 2 aromatic rings. The molecule has 0 bridgehead atoms. The Labute approximate surface area is 137 Å². The van der Waals surface area contributed by atoms with Gasteiger partial charge in [0.1, 0.15) is 6.61 Å². The van der Waals surface area contributed by atoms with Gasteiger partial charge < -0.3 is 10.1 Å². The number of rotatable bonds is 7. The van der Waals surface area contributed by atoms with Gasteiger partial charge in [-0.1, -0.05) is 26.0 Å². The van der Waals surface area contributed by atoms with E-state index in [1.54, 1.807) is 17.4 Å². The lowest BCUT2D eigenvalue weighted by Crippen LogP contribution is -2.19. The number of halogens is 2. The third kappa shape index (κ3) is 4.80. The van der Waals surface area contributed by atoms with Gasteiger partial charge in [-0.25, -0.2) is 4.39 Å². The molecule has 1 heterocycles. The van der Waals surface area contributed by atoms with Crippen LogP contribution in [0.25, 0.3) is 0 Å². The van der Waals surface area contributed by atoms with Crippen molar-refractivity contribution in [3.8, 4) is 5.75 Å². The second kappa shape index (κ2) is 7.92. The summed E-state index contributed by atoms with van der Waals surface area (Å²) in [5.74, 6) is 0.589. The molecule has 0 atom stereocenters. The first-order valence-electron chi connectivity index (χ1n) is 6.90. The monoisotopic (exact) mass is 371 g/mol. The van der Waals surface area contributed by atoms with Gasteiger partial charge in [0.2, 0.25) is 0 Å². The van der Waals surface area contributed by atoms with Crippen LogP contribution >= 0.6 is 27.3 Å². The maximum atomic E-state index is 14.0. The Morgan fingerprint density at radius 3 is 2.81 bits per heavy atom. The normalized spacial score (nSPS) is 11.1. The SMILES string of the molecule is CC(C)CNCc1cccc(F)c1OCc1sccc1Br. The van der Waals surface area contributed by atoms with Gasteiger partial charge in [-0.15, -0.1) is 11.3 Å². The van der Waals surface area contributed by atoms with E-state index in [0.717, 1.165) is 21.5 Å². The van der Waals surface area contributed by atoms with Crippen LogP contribution in [0.5, 0.6) is 5.75 Å². The van der Waals surface area contributed by atoms with Gasteiger partial charge in [0.15, 0.2) is 11.6 Å². The molecule has 114 valence electrons. The minimum atomic E-state index is -0.313. The summed E-state index contributed by atoms with van der Waals surface area (Å²) >= 11 is 5.05. The number of hydrogen-bond acceptors (Lipinski definition) is 3. The highest BCUT2D eigenvalue weighted by Gasteiger charge is 2.11. The number of hydrogen-bond donors (Lipinski definition) is 1. The van der Waals surface area contributed by atoms with Crippen LogP contribution < -0.4 is 10.1 Å². The van der Waals surface area contributed by atoms with Gasteiger partial charge in [-0.3, -0.25) is 0 Å². The second-order valence-corrected chi connectivity index (χ2v) is 7.09. The van der Waals surface area contributed by atoms with E-state index < -0.39 is 0 Å². The van der Waals surface area contributed by atoms with E-state index in [1.165, 1.54) is 6.07 Å². The maximum absolute atomic E-state index is 14.0. The number of ether oxygens (including phenoxy) is 1. The molecule has 2 nitrogen and oxygen atoms in total. The number of nitrogens with one attached hydrogen (secondary N) is 1. The predicted molar refractivity (Wildman–Crippen MR) is 89.3 cm³/mol. The predicted octanol–water partition coefficient (Wildman–Crippen LogP) is 4.97. The number of benzene rings is 1. The minimum Gasteiger partial charge on any atom is -0.485 e. The molecule has 0 saturated carbocycles. The number of para-hydroxylation sites is 1. The smallest absolute Gasteiger partial charge is 0.165 e. The van der Waals surface area contributed by atoms with E-state index in [0.29, 0.717) is 24.8 Å². The molecule has 2 rings (SSSR count). The molecular formula is C16H19BrFNOS. The Morgan fingerprint density at radius 1 is 1.33 bits per heavy atom. The zero-order valence-electron chi connectivity index (χ0n) is 12.2. The van der Waals surface area contributed by atoms with E-state index in [1.807, 2.05) is 17.5 Å². The lowest BCUT2D eigenvalue weighted by atomic mass is 10.1. The summed E-state index contributed by atoms with van der Waals surface area (Å²) in [5, 5.41) is 5.30. The van der Waals surface area contributed by atoms with E-state index in [4.69, 9.17) is 4.74 Å². The Kier molecular flexibility index (Phi) is 6.21. The van der Waals surface area contributed by atoms with E-state index in [2.05, 4.69) is 35.1 Å². The van der Waals surface area contributed by atoms with Gasteiger partial charge in [0.05, 0.1) is 4.88 Å². The first-order valence-corrected chi connectivity index (χ1v) is 8.58. The van der Waals surface area contributed by atoms with Crippen LogP contribution in [0, 0.1) is 11.7 Å². The molecule has 1 aromatic carbocycles. The van der Waals surface area contributed by atoms with E-state index in [-0.39, 0.29) is 5.82 Å². The fraction of sp³-hybridized carbons (Fsp3) is 0.375. The molecule has 0 aliphatic heterocycles. The van der Waals surface area contributed by atoms with Crippen molar-refractivity contribution in [1.82, 2.24) is 5.32 Å². The topological polar surface area (TPSA) is 21.3 Å². The standard InChI is InChI=1S/C16H19BrFNOS/c1-11(2)8-19-9-12-4-3-5-14(18)16(12)20-10-15-13(17)6-7-21-15/h3-7,11,19H,8-10H2,1-2H3. The molecule has 1 N–H and O–H groups in total. The molecule has 5 heteroatoms. The van der Waals surface area contributed by atoms with Gasteiger partial charge in [-0.2, -0.15) is 0 Å². The zero-order chi connectivity index (χ0) is 15.2. The average molecular weight is 372 g/mol. The molecular weight excluding hydrogens is 353 g/mol. The lowest BCUT2D eigenvalue weighted by molar-refractivity contribution is 0.288. The fourth-order valence-corrected chi connectivity index (χ4v) is 3.29. The molecule has 0 saturated heterocycles. The van der Waals surface area contributed by atoms with Gasteiger partial charge in [0, 0.05) is 16.6 Å². The van der Waals surface area contributed by atoms with Crippen molar-refractivity contribution in [2.75, 3.05) is 6.54 Å². The highest BCUT2D eigenvalue weighted by atomic mass is 79.9. The first kappa shape index (κ1) is 16.5. The minimum absolute atomic E-state index is 0.313. The van der Waals surface area contributed by atoms with Crippen molar-refractivity contribution in [3.63, 3.8) is 0 Å². The summed E-state index contributed by atoms with van der Waals surface area (Å²) in [6.07, 6.45) is 0. The summed E-state index contributed by atoms with van der Waals surface area (Å²) in [6.45, 7) is 6.16. The number of thiophene rings is 1. The quantitative estimate of drug-likeness (QED) is 0.741. The molecule has 0 aliphatic rings. The molecule has 21 heavy (non-hydrogen) atoms. The van der Waals surface area contributed by atoms with Crippen molar-refractivity contribution in [1.29, 1.82) is 0 Å². The fourth-order valence-electron chi connectivity index (χ4n) is 1.92. The largest absolute Gasteiger partial charge is 0.485 e. The molecule has 0 unspecified atom stereocenters. The molecule has 0 fully saturated rings. The van der Waals surface area contributed by atoms with Crippen molar-refractivity contribution in [2.24, 2.45) is 5.92 Å². The molecule has 0 aliphatic carbocycles. The van der Waals surface area contributed by atoms with Crippen LogP contribution in [0.4, 0.5) is 4.39 Å². The molecule has 0 radical (unpaired) electrons. The van der Waals surface area contributed by atoms with E-state index in [9.17, 15) is 4.39 Å². The summed E-state index contributed by atoms with van der Waals surface area (Å²) in [7, 11) is 0. The Bertz CT molecular complexity index is 585. The van der Waals surface area contributed by atoms with Gasteiger partial charge >= 0.3 is 0 Å². The summed E-state index contributed by atoms with van der Waals surface area (Å²) < 4.78 is 20.7. The zero-order valence-corrected chi connectivity index (χ0v) is 14.6. The summed E-state index contributed by atoms with van der Waals surface area (Å²) in [6, 6.07) is 7.02. The van der Waals surface area contributed by atoms with Crippen LogP contribution in [-0.2, 0) is 13.2 Å². The van der Waals surface area contributed by atoms with Crippen molar-refractivity contribution in [3.05, 3.63) is 50.4 Å². The van der Waals surface area contributed by atoms with Crippen molar-refractivity contribution < 1.29 is 9.13 Å². The third-order valence-electron chi connectivity index (χ3n) is 2.96. The highest BCUT2D eigenvalue weighted by Crippen LogP contribution is 2.27. The van der Waals surface area contributed by atoms with Gasteiger partial charge in [-0.05, 0) is 45.9 Å². The average Bonchev–Trinajstić information content (AvgIpc) is 2.83. The molecule has 0 spiro atoms. The van der Waals surface area contributed by atoms with Gasteiger partial charge in [0.25, 0.3) is 0 Å². The summed E-state index contributed by atoms with van der Waals surface area (Å²) in [5.41, 5.74) is 0.850. The third-order valence-corrected chi connectivity index (χ3v) is 4.86. The maximum Gasteiger partial charge on any atom is 0.165 e. The highest BCUT2D eigenvalue weighted by molar-refractivity contribution is 9.10. The Morgan fingerprint density at radius 2 is 2.14 bits per heavy atom. The van der Waals surface area contributed by atoms with E-state index >= 15 is 0 Å². The van der Waals surface area contributed by atoms with Crippen LogP contribution in [0.1, 0.15) is 24.3 Å². The first-order chi connectivity index (χ1) is 10.1. The molecule has 1 aromatic heterocycles. The van der Waals surface area contributed by atoms with Crippen LogP contribution in [0.15, 0.2) is 34.1 Å². The second-order valence-electron chi connectivity index (χ2n) is 5.23. The van der Waals surface area contributed by atoms with Crippen LogP contribution in [0.2, 0.25) is 0 Å².